The van der Waals surface area contributed by atoms with Crippen LogP contribution >= 0.6 is 11.5 Å². The molecule has 0 saturated heterocycles. The van der Waals surface area contributed by atoms with E-state index in [2.05, 4.69) is 28.5 Å². The van der Waals surface area contributed by atoms with Gasteiger partial charge < -0.3 is 10.4 Å². The summed E-state index contributed by atoms with van der Waals surface area (Å²) in [4.78, 5) is 16.1. The normalized spacial score (nSPS) is 18.8. The fourth-order valence-corrected chi connectivity index (χ4v) is 3.36. The molecule has 1 heterocycles. The number of aliphatic carboxylic acids is 1. The van der Waals surface area contributed by atoms with E-state index in [1.165, 1.54) is 11.5 Å². The predicted molar refractivity (Wildman–Crippen MR) is 80.3 cm³/mol. The number of hydrogen-bond acceptors (Lipinski definition) is 5. The average molecular weight is 297 g/mol. The molecular weight excluding hydrogens is 274 g/mol. The van der Waals surface area contributed by atoms with E-state index in [4.69, 9.17) is 0 Å². The minimum Gasteiger partial charge on any atom is -0.481 e. The minimum atomic E-state index is -0.680. The van der Waals surface area contributed by atoms with E-state index in [0.29, 0.717) is 12.5 Å². The van der Waals surface area contributed by atoms with Gasteiger partial charge in [-0.2, -0.15) is 4.37 Å². The molecule has 1 fully saturated rings. The molecule has 0 radical (unpaired) electrons. The van der Waals surface area contributed by atoms with Crippen molar-refractivity contribution in [1.29, 1.82) is 0 Å². The maximum Gasteiger partial charge on any atom is 0.311 e. The van der Waals surface area contributed by atoms with E-state index in [-0.39, 0.29) is 0 Å². The highest BCUT2D eigenvalue weighted by Gasteiger charge is 2.38. The van der Waals surface area contributed by atoms with Crippen LogP contribution in [0.1, 0.15) is 64.1 Å². The van der Waals surface area contributed by atoms with Crippen LogP contribution in [0.3, 0.4) is 0 Å². The summed E-state index contributed by atoms with van der Waals surface area (Å²) in [6, 6.07) is 0. The van der Waals surface area contributed by atoms with Gasteiger partial charge in [0.25, 0.3) is 0 Å². The molecule has 2 N–H and O–H groups in total. The third-order valence-corrected chi connectivity index (χ3v) is 4.74. The van der Waals surface area contributed by atoms with Gasteiger partial charge in [0.1, 0.15) is 5.82 Å². The lowest BCUT2D eigenvalue weighted by Crippen LogP contribution is -2.37. The molecule has 0 unspecified atom stereocenters. The average Bonchev–Trinajstić information content (AvgIpc) is 2.75. The second-order valence-electron chi connectivity index (χ2n) is 5.97. The van der Waals surface area contributed by atoms with Crippen LogP contribution in [0.5, 0.6) is 0 Å². The lowest BCUT2D eigenvalue weighted by atomic mass is 9.80. The van der Waals surface area contributed by atoms with Crippen LogP contribution in [0.2, 0.25) is 0 Å². The van der Waals surface area contributed by atoms with Crippen molar-refractivity contribution < 1.29 is 9.90 Å². The van der Waals surface area contributed by atoms with Crippen LogP contribution in [0.25, 0.3) is 0 Å². The van der Waals surface area contributed by atoms with Crippen LogP contribution in [0, 0.1) is 5.41 Å². The monoisotopic (exact) mass is 297 g/mol. The SMILES string of the molecule is CC(C)c1nsc(NCC2(C(=O)O)CCCCCC2)n1. The van der Waals surface area contributed by atoms with Gasteiger partial charge in [-0.05, 0) is 12.8 Å². The lowest BCUT2D eigenvalue weighted by molar-refractivity contribution is -0.149. The molecular formula is C14H23N3O2S. The second-order valence-corrected chi connectivity index (χ2v) is 6.72. The smallest absolute Gasteiger partial charge is 0.311 e. The summed E-state index contributed by atoms with van der Waals surface area (Å²) in [5.41, 5.74) is -0.639. The highest BCUT2D eigenvalue weighted by Crippen LogP contribution is 2.35. The van der Waals surface area contributed by atoms with Gasteiger partial charge in [-0.15, -0.1) is 0 Å². The summed E-state index contributed by atoms with van der Waals surface area (Å²) < 4.78 is 4.29. The quantitative estimate of drug-likeness (QED) is 0.814. The lowest BCUT2D eigenvalue weighted by Gasteiger charge is -2.27. The Kier molecular flexibility index (Phi) is 4.96. The summed E-state index contributed by atoms with van der Waals surface area (Å²) >= 11 is 1.32. The van der Waals surface area contributed by atoms with Crippen LogP contribution in [-0.2, 0) is 4.79 Å². The maximum absolute atomic E-state index is 11.7. The Balaban J connectivity index is 2.02. The number of nitrogens with one attached hydrogen (secondary N) is 1. The van der Waals surface area contributed by atoms with Crippen LogP contribution < -0.4 is 5.32 Å². The summed E-state index contributed by atoms with van der Waals surface area (Å²) in [7, 11) is 0. The molecule has 6 heteroatoms. The van der Waals surface area contributed by atoms with Crippen molar-refractivity contribution >= 4 is 22.6 Å². The van der Waals surface area contributed by atoms with Gasteiger partial charge in [0.15, 0.2) is 0 Å². The number of carboxylic acid groups (broad SMARTS) is 1. The summed E-state index contributed by atoms with van der Waals surface area (Å²) in [6.07, 6.45) is 5.80. The zero-order valence-corrected chi connectivity index (χ0v) is 13.0. The number of carboxylic acids is 1. The fourth-order valence-electron chi connectivity index (χ4n) is 2.66. The fraction of sp³-hybridized carbons (Fsp3) is 0.786. The summed E-state index contributed by atoms with van der Waals surface area (Å²) in [5.74, 6) is 0.441. The molecule has 1 saturated carbocycles. The standard InChI is InChI=1S/C14H23N3O2S/c1-10(2)11-16-13(20-17-11)15-9-14(12(18)19)7-5-3-4-6-8-14/h10H,3-9H2,1-2H3,(H,18,19)(H,15,16,17). The molecule has 0 bridgehead atoms. The molecule has 112 valence electrons. The molecule has 0 aromatic carbocycles. The molecule has 20 heavy (non-hydrogen) atoms. The summed E-state index contributed by atoms with van der Waals surface area (Å²) in [6.45, 7) is 4.56. The van der Waals surface area contributed by atoms with Crippen LogP contribution in [0.15, 0.2) is 0 Å². The highest BCUT2D eigenvalue weighted by atomic mass is 32.1. The highest BCUT2D eigenvalue weighted by molar-refractivity contribution is 7.09. The van der Waals surface area contributed by atoms with Crippen molar-refractivity contribution in [1.82, 2.24) is 9.36 Å². The van der Waals surface area contributed by atoms with Gasteiger partial charge in [-0.1, -0.05) is 39.5 Å². The molecule has 0 amide bonds. The van der Waals surface area contributed by atoms with E-state index in [1.807, 2.05) is 0 Å². The second kappa shape index (κ2) is 6.52. The van der Waals surface area contributed by atoms with Crippen molar-refractivity contribution in [3.8, 4) is 0 Å². The number of aromatic nitrogens is 2. The first-order chi connectivity index (χ1) is 9.53. The van der Waals surface area contributed by atoms with E-state index in [0.717, 1.165) is 49.5 Å². The first kappa shape index (κ1) is 15.2. The number of anilines is 1. The summed E-state index contributed by atoms with van der Waals surface area (Å²) in [5, 5.41) is 13.6. The van der Waals surface area contributed by atoms with Crippen molar-refractivity contribution in [3.05, 3.63) is 5.82 Å². The Morgan fingerprint density at radius 3 is 2.50 bits per heavy atom. The topological polar surface area (TPSA) is 75.1 Å². The molecule has 0 aliphatic heterocycles. The molecule has 1 aliphatic carbocycles. The Morgan fingerprint density at radius 2 is 2.00 bits per heavy atom. The number of rotatable bonds is 5. The van der Waals surface area contributed by atoms with Crippen molar-refractivity contribution in [3.63, 3.8) is 0 Å². The van der Waals surface area contributed by atoms with Crippen LogP contribution in [0.4, 0.5) is 5.13 Å². The Bertz CT molecular complexity index is 451. The Hall–Kier alpha value is -1.17. The van der Waals surface area contributed by atoms with Gasteiger partial charge in [-0.25, -0.2) is 4.98 Å². The van der Waals surface area contributed by atoms with Gasteiger partial charge in [0.05, 0.1) is 5.41 Å². The molecule has 1 aromatic rings. The van der Waals surface area contributed by atoms with Gasteiger partial charge >= 0.3 is 5.97 Å². The van der Waals surface area contributed by atoms with E-state index in [9.17, 15) is 9.90 Å². The maximum atomic E-state index is 11.7. The van der Waals surface area contributed by atoms with Crippen molar-refractivity contribution in [2.75, 3.05) is 11.9 Å². The molecule has 2 rings (SSSR count). The number of hydrogen-bond donors (Lipinski definition) is 2. The van der Waals surface area contributed by atoms with Crippen molar-refractivity contribution in [2.24, 2.45) is 5.41 Å². The molecule has 5 nitrogen and oxygen atoms in total. The zero-order chi connectivity index (χ0) is 14.6. The third kappa shape index (κ3) is 3.48. The van der Waals surface area contributed by atoms with E-state index < -0.39 is 11.4 Å². The van der Waals surface area contributed by atoms with E-state index >= 15 is 0 Å². The van der Waals surface area contributed by atoms with Gasteiger partial charge in [-0.3, -0.25) is 4.79 Å². The Morgan fingerprint density at radius 1 is 1.35 bits per heavy atom. The third-order valence-electron chi connectivity index (χ3n) is 4.05. The number of carbonyl (C=O) groups is 1. The molecule has 0 atom stereocenters. The van der Waals surface area contributed by atoms with E-state index in [1.54, 1.807) is 0 Å². The Labute approximate surface area is 124 Å². The number of nitrogens with zero attached hydrogens (tertiary/aromatic N) is 2. The largest absolute Gasteiger partial charge is 0.481 e. The minimum absolute atomic E-state index is 0.299. The molecule has 0 spiro atoms. The first-order valence-electron chi connectivity index (χ1n) is 7.34. The van der Waals surface area contributed by atoms with Crippen molar-refractivity contribution in [2.45, 2.75) is 58.3 Å². The van der Waals surface area contributed by atoms with Crippen LogP contribution in [-0.4, -0.2) is 27.0 Å². The zero-order valence-electron chi connectivity index (χ0n) is 12.2. The predicted octanol–water partition coefficient (Wildman–Crippen LogP) is 3.50. The first-order valence-corrected chi connectivity index (χ1v) is 8.12. The molecule has 1 aromatic heterocycles. The van der Waals surface area contributed by atoms with Gasteiger partial charge in [0.2, 0.25) is 5.13 Å². The molecule has 1 aliphatic rings. The van der Waals surface area contributed by atoms with Gasteiger partial charge in [0, 0.05) is 24.0 Å².